The average molecular weight is 297 g/mol. The highest BCUT2D eigenvalue weighted by atomic mass is 35.5. The molecule has 0 amide bonds. The summed E-state index contributed by atoms with van der Waals surface area (Å²) in [6, 6.07) is 5.66. The Labute approximate surface area is 123 Å². The number of amidine groups is 1. The smallest absolute Gasteiger partial charge is 0.183 e. The van der Waals surface area contributed by atoms with Gasteiger partial charge in [0.15, 0.2) is 11.4 Å². The van der Waals surface area contributed by atoms with Crippen LogP contribution < -0.4 is 10.2 Å². The molecule has 0 unspecified atom stereocenters. The Kier molecular flexibility index (Phi) is 6.54. The van der Waals surface area contributed by atoms with Gasteiger partial charge in [-0.25, -0.2) is 4.99 Å². The topological polar surface area (TPSA) is 51.4 Å². The van der Waals surface area contributed by atoms with Crippen LogP contribution in [0.25, 0.3) is 0 Å². The first-order chi connectivity index (χ1) is 9.15. The molecule has 0 saturated heterocycles. The van der Waals surface area contributed by atoms with Crippen molar-refractivity contribution >= 4 is 39.9 Å². The number of benzene rings is 1. The van der Waals surface area contributed by atoms with Gasteiger partial charge in [0, 0.05) is 13.1 Å². The first-order valence-electron chi connectivity index (χ1n) is 5.98. The molecule has 0 aliphatic heterocycles. The van der Waals surface area contributed by atoms with Crippen LogP contribution in [0.15, 0.2) is 23.2 Å². The van der Waals surface area contributed by atoms with E-state index in [0.717, 1.165) is 24.5 Å². The van der Waals surface area contributed by atoms with Gasteiger partial charge in [-0.15, -0.1) is 0 Å². The van der Waals surface area contributed by atoms with Crippen molar-refractivity contribution in [3.05, 3.63) is 23.2 Å². The van der Waals surface area contributed by atoms with E-state index < -0.39 is 0 Å². The Bertz CT molecular complexity index is 492. The standard InChI is InChI=1S/C13H17ClN4S/c1-4-18(5-2)12-7-6-10(8-11(12)14)17-13(19-3)16-9-15/h6-8H,4-5H2,1-3H3,(H,16,17). The largest absolute Gasteiger partial charge is 0.371 e. The van der Waals surface area contributed by atoms with E-state index in [1.807, 2.05) is 30.6 Å². The summed E-state index contributed by atoms with van der Waals surface area (Å²) >= 11 is 7.66. The molecule has 0 aromatic heterocycles. The monoisotopic (exact) mass is 296 g/mol. The van der Waals surface area contributed by atoms with Crippen LogP contribution in [0.1, 0.15) is 13.8 Å². The van der Waals surface area contributed by atoms with Gasteiger partial charge in [0.2, 0.25) is 0 Å². The van der Waals surface area contributed by atoms with Gasteiger partial charge in [0.1, 0.15) is 0 Å². The zero-order valence-electron chi connectivity index (χ0n) is 11.3. The maximum Gasteiger partial charge on any atom is 0.183 e. The number of hydrogen-bond acceptors (Lipinski definition) is 4. The molecular weight excluding hydrogens is 280 g/mol. The van der Waals surface area contributed by atoms with Crippen LogP contribution in [-0.2, 0) is 0 Å². The minimum absolute atomic E-state index is 0.550. The van der Waals surface area contributed by atoms with E-state index in [4.69, 9.17) is 16.9 Å². The predicted molar refractivity (Wildman–Crippen MR) is 84.4 cm³/mol. The van der Waals surface area contributed by atoms with E-state index >= 15 is 0 Å². The Balaban J connectivity index is 3.03. The number of halogens is 1. The normalized spacial score (nSPS) is 11.0. The molecule has 0 atom stereocenters. The Morgan fingerprint density at radius 2 is 2.16 bits per heavy atom. The summed E-state index contributed by atoms with van der Waals surface area (Å²) in [5, 5.41) is 12.3. The van der Waals surface area contributed by atoms with E-state index in [0.29, 0.717) is 10.2 Å². The maximum absolute atomic E-state index is 8.59. The van der Waals surface area contributed by atoms with Crippen LogP contribution >= 0.6 is 23.4 Å². The van der Waals surface area contributed by atoms with Crippen LogP contribution in [0.5, 0.6) is 0 Å². The maximum atomic E-state index is 8.59. The molecule has 0 spiro atoms. The lowest BCUT2D eigenvalue weighted by molar-refractivity contribution is 0.866. The number of nitrogens with zero attached hydrogens (tertiary/aromatic N) is 3. The summed E-state index contributed by atoms with van der Waals surface area (Å²) in [5.74, 6) is 0. The second kappa shape index (κ2) is 7.93. The molecule has 1 rings (SSSR count). The van der Waals surface area contributed by atoms with E-state index in [1.54, 1.807) is 0 Å². The van der Waals surface area contributed by atoms with Gasteiger partial charge < -0.3 is 4.90 Å². The third-order valence-electron chi connectivity index (χ3n) is 2.62. The predicted octanol–water partition coefficient (Wildman–Crippen LogP) is 3.61. The molecule has 0 heterocycles. The molecule has 0 saturated carbocycles. The third-order valence-corrected chi connectivity index (χ3v) is 3.51. The van der Waals surface area contributed by atoms with E-state index in [9.17, 15) is 0 Å². The molecule has 1 aromatic carbocycles. The van der Waals surface area contributed by atoms with Gasteiger partial charge in [-0.2, -0.15) is 5.26 Å². The first-order valence-corrected chi connectivity index (χ1v) is 7.58. The van der Waals surface area contributed by atoms with E-state index in [1.165, 1.54) is 11.8 Å². The van der Waals surface area contributed by atoms with E-state index in [2.05, 4.69) is 29.1 Å². The molecule has 0 radical (unpaired) electrons. The number of rotatable bonds is 4. The van der Waals surface area contributed by atoms with Crippen molar-refractivity contribution in [1.29, 1.82) is 5.26 Å². The third kappa shape index (κ3) is 4.34. The first kappa shape index (κ1) is 15.7. The minimum Gasteiger partial charge on any atom is -0.371 e. The molecule has 19 heavy (non-hydrogen) atoms. The highest BCUT2D eigenvalue weighted by Crippen LogP contribution is 2.30. The minimum atomic E-state index is 0.550. The molecule has 0 aliphatic rings. The van der Waals surface area contributed by atoms with Crippen LogP contribution in [-0.4, -0.2) is 24.5 Å². The molecular formula is C13H17ClN4S. The van der Waals surface area contributed by atoms with Gasteiger partial charge >= 0.3 is 0 Å². The molecule has 0 fully saturated rings. The van der Waals surface area contributed by atoms with Crippen molar-refractivity contribution in [2.75, 3.05) is 24.2 Å². The van der Waals surface area contributed by atoms with Crippen LogP contribution in [0.3, 0.4) is 0 Å². The number of nitriles is 1. The average Bonchev–Trinajstić information content (AvgIpc) is 2.41. The van der Waals surface area contributed by atoms with Crippen molar-refractivity contribution in [3.63, 3.8) is 0 Å². The van der Waals surface area contributed by atoms with Crippen LogP contribution in [0, 0.1) is 11.5 Å². The summed E-state index contributed by atoms with van der Waals surface area (Å²) < 4.78 is 0. The van der Waals surface area contributed by atoms with Crippen molar-refractivity contribution in [3.8, 4) is 6.19 Å². The highest BCUT2D eigenvalue weighted by Gasteiger charge is 2.07. The molecule has 0 aliphatic carbocycles. The summed E-state index contributed by atoms with van der Waals surface area (Å²) in [5.41, 5.74) is 1.73. The Hall–Kier alpha value is -1.38. The van der Waals surface area contributed by atoms with Gasteiger partial charge in [-0.3, -0.25) is 5.32 Å². The lowest BCUT2D eigenvalue weighted by atomic mass is 10.2. The summed E-state index contributed by atoms with van der Waals surface area (Å²) in [6.07, 6.45) is 3.71. The van der Waals surface area contributed by atoms with Crippen molar-refractivity contribution in [2.24, 2.45) is 4.99 Å². The zero-order valence-corrected chi connectivity index (χ0v) is 12.8. The second-order valence-electron chi connectivity index (χ2n) is 3.67. The quantitative estimate of drug-likeness (QED) is 0.399. The fraction of sp³-hybridized carbons (Fsp3) is 0.385. The van der Waals surface area contributed by atoms with Gasteiger partial charge in [0.25, 0.3) is 0 Å². The number of anilines is 1. The van der Waals surface area contributed by atoms with Gasteiger partial charge in [-0.05, 0) is 38.3 Å². The summed E-state index contributed by atoms with van der Waals surface area (Å²) in [6.45, 7) is 6.00. The Morgan fingerprint density at radius 1 is 1.47 bits per heavy atom. The number of nitrogens with one attached hydrogen (secondary N) is 1. The lowest BCUT2D eigenvalue weighted by Crippen LogP contribution is -2.21. The Morgan fingerprint density at radius 3 is 2.63 bits per heavy atom. The second-order valence-corrected chi connectivity index (χ2v) is 4.87. The van der Waals surface area contributed by atoms with Crippen molar-refractivity contribution < 1.29 is 0 Å². The van der Waals surface area contributed by atoms with Crippen molar-refractivity contribution in [1.82, 2.24) is 5.32 Å². The zero-order chi connectivity index (χ0) is 14.3. The molecule has 6 heteroatoms. The summed E-state index contributed by atoms with van der Waals surface area (Å²) in [4.78, 5) is 6.50. The SMILES string of the molecule is CCN(CC)c1ccc(N=C(NC#N)SC)cc1Cl. The lowest BCUT2D eigenvalue weighted by Gasteiger charge is -2.22. The molecule has 1 aromatic rings. The van der Waals surface area contributed by atoms with Gasteiger partial charge in [0.05, 0.1) is 16.4 Å². The number of aliphatic imine (C=N–C) groups is 1. The molecule has 102 valence electrons. The number of hydrogen-bond donors (Lipinski definition) is 1. The summed E-state index contributed by atoms with van der Waals surface area (Å²) in [7, 11) is 0. The van der Waals surface area contributed by atoms with Crippen molar-refractivity contribution in [2.45, 2.75) is 13.8 Å². The molecule has 0 bridgehead atoms. The van der Waals surface area contributed by atoms with E-state index in [-0.39, 0.29) is 0 Å². The molecule has 1 N–H and O–H groups in total. The highest BCUT2D eigenvalue weighted by molar-refractivity contribution is 8.13. The molecule has 4 nitrogen and oxygen atoms in total. The fourth-order valence-corrected chi connectivity index (χ4v) is 2.31. The number of thioether (sulfide) groups is 1. The van der Waals surface area contributed by atoms with Gasteiger partial charge in [-0.1, -0.05) is 23.4 Å². The fourth-order valence-electron chi connectivity index (χ4n) is 1.68. The van der Waals surface area contributed by atoms with Crippen LogP contribution in [0.4, 0.5) is 11.4 Å². The van der Waals surface area contributed by atoms with Crippen LogP contribution in [0.2, 0.25) is 5.02 Å².